The lowest BCUT2D eigenvalue weighted by Crippen LogP contribution is -2.20. The van der Waals surface area contributed by atoms with E-state index in [0.29, 0.717) is 35.6 Å². The Morgan fingerprint density at radius 1 is 1.17 bits per heavy atom. The summed E-state index contributed by atoms with van der Waals surface area (Å²) in [4.78, 5) is 21.6. The van der Waals surface area contributed by atoms with Gasteiger partial charge in [0.15, 0.2) is 0 Å². The lowest BCUT2D eigenvalue weighted by Gasteiger charge is -2.19. The Kier molecular flexibility index (Phi) is 4.04. The highest BCUT2D eigenvalue weighted by atomic mass is 16.2. The van der Waals surface area contributed by atoms with E-state index in [0.717, 1.165) is 22.2 Å². The predicted molar refractivity (Wildman–Crippen MR) is 121 cm³/mol. The molecule has 2 aromatic carbocycles. The Balaban J connectivity index is 1.41. The summed E-state index contributed by atoms with van der Waals surface area (Å²) in [5, 5.41) is 6.53. The first-order valence-corrected chi connectivity index (χ1v) is 9.90. The van der Waals surface area contributed by atoms with Crippen molar-refractivity contribution in [3.8, 4) is 0 Å². The average molecular weight is 399 g/mol. The second kappa shape index (κ2) is 7.55. The van der Waals surface area contributed by atoms with E-state index in [-0.39, 0.29) is 6.03 Å². The molecule has 2 amide bonds. The fraction of sp³-hybridized carbons (Fsp3) is 0.167. The highest BCUT2D eigenvalue weighted by Gasteiger charge is 2.23. The minimum Gasteiger partial charge on any atom is -0.367 e. The minimum atomic E-state index is -1.74. The number of pyridine rings is 1. The average Bonchev–Trinajstić information content (AvgIpc) is 3.41. The molecule has 1 aliphatic rings. The van der Waals surface area contributed by atoms with E-state index >= 15 is 0 Å². The van der Waals surface area contributed by atoms with Gasteiger partial charge in [-0.25, -0.2) is 9.78 Å². The molecule has 0 unspecified atom stereocenters. The molecule has 3 N–H and O–H groups in total. The van der Waals surface area contributed by atoms with Gasteiger partial charge in [-0.1, -0.05) is 23.8 Å². The summed E-state index contributed by atoms with van der Waals surface area (Å²) in [6, 6.07) is 16.5. The molecule has 0 saturated carbocycles. The van der Waals surface area contributed by atoms with Crippen molar-refractivity contribution >= 4 is 34.1 Å². The van der Waals surface area contributed by atoms with Crippen LogP contribution in [-0.2, 0) is 12.9 Å². The van der Waals surface area contributed by atoms with Crippen molar-refractivity contribution in [3.63, 3.8) is 0 Å². The first-order chi connectivity index (χ1) is 15.4. The van der Waals surface area contributed by atoms with Crippen molar-refractivity contribution in [1.82, 2.24) is 9.97 Å². The smallest absolute Gasteiger partial charge is 0.323 e. The van der Waals surface area contributed by atoms with E-state index in [2.05, 4.69) is 20.6 Å². The van der Waals surface area contributed by atoms with Crippen LogP contribution in [0.1, 0.15) is 19.4 Å². The van der Waals surface area contributed by atoms with Crippen molar-refractivity contribution in [2.45, 2.75) is 19.8 Å². The normalized spacial score (nSPS) is 14.2. The largest absolute Gasteiger partial charge is 0.367 e. The highest BCUT2D eigenvalue weighted by molar-refractivity contribution is 6.01. The maximum absolute atomic E-state index is 12.6. The molecule has 6 heteroatoms. The van der Waals surface area contributed by atoms with E-state index in [1.165, 1.54) is 0 Å². The molecule has 30 heavy (non-hydrogen) atoms. The molecule has 0 atom stereocenters. The van der Waals surface area contributed by atoms with Gasteiger partial charge in [0, 0.05) is 53.4 Å². The molecule has 0 aliphatic carbocycles. The SMILES string of the molecule is [2H]C([2H])(c1c[nH]c2ncccc12)N1CCc2c(NC(=O)Nc3ccc(C)cc3)cccc21. The number of anilines is 3. The molecule has 1 aliphatic heterocycles. The van der Waals surface area contributed by atoms with Crippen LogP contribution in [-0.4, -0.2) is 22.5 Å². The zero-order valence-electron chi connectivity index (χ0n) is 18.6. The third-order valence-corrected chi connectivity index (χ3v) is 5.29. The van der Waals surface area contributed by atoms with Gasteiger partial charge >= 0.3 is 6.03 Å². The number of nitrogens with one attached hydrogen (secondary N) is 3. The fourth-order valence-electron chi connectivity index (χ4n) is 3.78. The number of hydrogen-bond acceptors (Lipinski definition) is 3. The van der Waals surface area contributed by atoms with Crippen molar-refractivity contribution in [2.24, 2.45) is 0 Å². The van der Waals surface area contributed by atoms with Crippen molar-refractivity contribution in [2.75, 3.05) is 22.1 Å². The number of hydrogen-bond donors (Lipinski definition) is 3. The molecule has 2 aromatic heterocycles. The van der Waals surface area contributed by atoms with Gasteiger partial charge in [0.25, 0.3) is 0 Å². The number of aryl methyl sites for hydroxylation is 1. The summed E-state index contributed by atoms with van der Waals surface area (Å²) in [6.07, 6.45) is 4.01. The van der Waals surface area contributed by atoms with Crippen LogP contribution < -0.4 is 15.5 Å². The number of carbonyl (C=O) groups is 1. The second-order valence-corrected chi connectivity index (χ2v) is 7.36. The summed E-state index contributed by atoms with van der Waals surface area (Å²) >= 11 is 0. The van der Waals surface area contributed by atoms with Crippen LogP contribution >= 0.6 is 0 Å². The second-order valence-electron chi connectivity index (χ2n) is 7.36. The van der Waals surface area contributed by atoms with E-state index in [4.69, 9.17) is 2.74 Å². The Morgan fingerprint density at radius 2 is 2.03 bits per heavy atom. The number of benzene rings is 2. The fourth-order valence-corrected chi connectivity index (χ4v) is 3.78. The zero-order valence-corrected chi connectivity index (χ0v) is 16.6. The van der Waals surface area contributed by atoms with Gasteiger partial charge in [-0.3, -0.25) is 0 Å². The van der Waals surface area contributed by atoms with Gasteiger partial charge in [0.05, 0.1) is 2.74 Å². The number of aromatic nitrogens is 2. The van der Waals surface area contributed by atoms with Gasteiger partial charge < -0.3 is 20.5 Å². The van der Waals surface area contributed by atoms with E-state index in [9.17, 15) is 4.79 Å². The lowest BCUT2D eigenvalue weighted by molar-refractivity contribution is 0.262. The highest BCUT2D eigenvalue weighted by Crippen LogP contribution is 2.35. The van der Waals surface area contributed by atoms with Gasteiger partial charge in [-0.05, 0) is 55.3 Å². The number of nitrogens with zero attached hydrogens (tertiary/aromatic N) is 2. The zero-order chi connectivity index (χ0) is 22.3. The third kappa shape index (κ3) is 3.48. The van der Waals surface area contributed by atoms with E-state index in [1.807, 2.05) is 61.5 Å². The molecule has 150 valence electrons. The molecular formula is C24H23N5O. The summed E-state index contributed by atoms with van der Waals surface area (Å²) in [6.45, 7) is 0.761. The molecule has 6 nitrogen and oxygen atoms in total. The van der Waals surface area contributed by atoms with E-state index in [1.54, 1.807) is 17.3 Å². The molecule has 0 spiro atoms. The molecule has 0 fully saturated rings. The van der Waals surface area contributed by atoms with Crippen LogP contribution in [0.25, 0.3) is 11.0 Å². The van der Waals surface area contributed by atoms with E-state index < -0.39 is 6.50 Å². The number of H-pyrrole nitrogens is 1. The summed E-state index contributed by atoms with van der Waals surface area (Å²) in [7, 11) is 0. The first kappa shape index (κ1) is 16.0. The Hall–Kier alpha value is -3.80. The number of carbonyl (C=O) groups excluding carboxylic acids is 1. The third-order valence-electron chi connectivity index (χ3n) is 5.29. The van der Waals surface area contributed by atoms with Crippen molar-refractivity contribution in [3.05, 3.63) is 83.7 Å². The Morgan fingerprint density at radius 3 is 2.90 bits per heavy atom. The number of rotatable bonds is 4. The minimum absolute atomic E-state index is 0.327. The Bertz CT molecular complexity index is 1300. The molecule has 4 aromatic rings. The summed E-state index contributed by atoms with van der Waals surface area (Å²) < 4.78 is 17.8. The predicted octanol–water partition coefficient (Wildman–Crippen LogP) is 5.08. The molecule has 0 saturated heterocycles. The molecule has 0 radical (unpaired) electrons. The molecule has 0 bridgehead atoms. The number of amides is 2. The summed E-state index contributed by atoms with van der Waals surface area (Å²) in [5.74, 6) is 0. The van der Waals surface area contributed by atoms with Gasteiger partial charge in [0.2, 0.25) is 0 Å². The quantitative estimate of drug-likeness (QED) is 0.448. The standard InChI is InChI=1S/C24H23N5O/c1-16-7-9-18(10-8-16)27-24(30)28-21-5-2-6-22-20(21)11-13-29(22)15-17-14-26-23-19(17)4-3-12-25-23/h2-10,12,14H,11,13,15H2,1H3,(H,25,26)(H2,27,28,30)/i15D2. The van der Waals surface area contributed by atoms with Gasteiger partial charge in [-0.2, -0.15) is 0 Å². The van der Waals surface area contributed by atoms with Gasteiger partial charge in [0.1, 0.15) is 5.65 Å². The Labute approximate surface area is 177 Å². The maximum atomic E-state index is 12.6. The van der Waals surface area contributed by atoms with Crippen LogP contribution in [0, 0.1) is 6.92 Å². The van der Waals surface area contributed by atoms with Crippen LogP contribution in [0.5, 0.6) is 0 Å². The van der Waals surface area contributed by atoms with Crippen LogP contribution in [0.3, 0.4) is 0 Å². The molecular weight excluding hydrogens is 374 g/mol. The number of urea groups is 1. The van der Waals surface area contributed by atoms with Crippen LogP contribution in [0.15, 0.2) is 67.0 Å². The van der Waals surface area contributed by atoms with Crippen LogP contribution in [0.4, 0.5) is 21.9 Å². The number of fused-ring (bicyclic) bond motifs is 2. The lowest BCUT2D eigenvalue weighted by atomic mass is 10.1. The maximum Gasteiger partial charge on any atom is 0.323 e. The topological polar surface area (TPSA) is 73.0 Å². The first-order valence-electron chi connectivity index (χ1n) is 10.9. The monoisotopic (exact) mass is 399 g/mol. The van der Waals surface area contributed by atoms with Gasteiger partial charge in [-0.15, -0.1) is 0 Å². The summed E-state index contributed by atoms with van der Waals surface area (Å²) in [5.41, 5.74) is 5.43. The molecule has 5 rings (SSSR count). The van der Waals surface area contributed by atoms with Crippen molar-refractivity contribution < 1.29 is 7.54 Å². The van der Waals surface area contributed by atoms with Crippen molar-refractivity contribution in [1.29, 1.82) is 0 Å². The molecule has 3 heterocycles. The van der Waals surface area contributed by atoms with Crippen LogP contribution in [0.2, 0.25) is 0 Å². The number of aromatic amines is 1.